The number of hydrogen-bond acceptors (Lipinski definition) is 3. The Labute approximate surface area is 72.7 Å². The van der Waals surface area contributed by atoms with Crippen LogP contribution in [0.3, 0.4) is 0 Å². The molecule has 0 amide bonds. The van der Waals surface area contributed by atoms with Gasteiger partial charge >= 0.3 is 0 Å². The highest BCUT2D eigenvalue weighted by Gasteiger charge is 2.13. The zero-order valence-corrected chi connectivity index (χ0v) is 7.20. The van der Waals surface area contributed by atoms with Crippen LogP contribution in [0.1, 0.15) is 25.7 Å². The monoisotopic (exact) mass is 172 g/mol. The van der Waals surface area contributed by atoms with Crippen LogP contribution in [-0.2, 0) is 4.74 Å². The normalized spacial score (nSPS) is 19.7. The predicted octanol–water partition coefficient (Wildman–Crippen LogP) is 0.814. The van der Waals surface area contributed by atoms with E-state index in [1.165, 1.54) is 0 Å². The molecule has 0 saturated carbocycles. The topological polar surface area (TPSA) is 49.7 Å². The number of hydrogen-bond donors (Lipinski definition) is 2. The van der Waals surface area contributed by atoms with Crippen molar-refractivity contribution >= 4 is 0 Å². The van der Waals surface area contributed by atoms with Gasteiger partial charge in [0.15, 0.2) is 0 Å². The van der Waals surface area contributed by atoms with Gasteiger partial charge in [-0.2, -0.15) is 0 Å². The molecule has 2 N–H and O–H groups in total. The smallest absolute Gasteiger partial charge is 0.0876 e. The Morgan fingerprint density at radius 2 is 2.42 bits per heavy atom. The third-order valence-corrected chi connectivity index (χ3v) is 2.03. The maximum atomic E-state index is 9.55. The van der Waals surface area contributed by atoms with Gasteiger partial charge < -0.3 is 14.9 Å². The van der Waals surface area contributed by atoms with Crippen LogP contribution < -0.4 is 0 Å². The van der Waals surface area contributed by atoms with E-state index in [0.717, 1.165) is 25.0 Å². The Hall–Kier alpha value is -0.540. The highest BCUT2D eigenvalue weighted by atomic mass is 16.5. The summed E-state index contributed by atoms with van der Waals surface area (Å²) in [4.78, 5) is 0. The summed E-state index contributed by atoms with van der Waals surface area (Å²) in [7, 11) is 0. The van der Waals surface area contributed by atoms with E-state index in [-0.39, 0.29) is 6.61 Å². The van der Waals surface area contributed by atoms with Crippen LogP contribution in [0.15, 0.2) is 11.8 Å². The first-order valence-corrected chi connectivity index (χ1v) is 4.44. The molecule has 1 unspecified atom stereocenters. The van der Waals surface area contributed by atoms with Crippen LogP contribution >= 0.6 is 0 Å². The summed E-state index contributed by atoms with van der Waals surface area (Å²) >= 11 is 0. The molecular weight excluding hydrogens is 156 g/mol. The minimum atomic E-state index is -0.419. The highest BCUT2D eigenvalue weighted by Crippen LogP contribution is 2.18. The van der Waals surface area contributed by atoms with Crippen molar-refractivity contribution < 1.29 is 14.9 Å². The Kier molecular flexibility index (Phi) is 4.11. The molecule has 0 spiro atoms. The summed E-state index contributed by atoms with van der Waals surface area (Å²) in [6, 6.07) is 0. The number of aliphatic hydroxyl groups excluding tert-OH is 2. The van der Waals surface area contributed by atoms with Gasteiger partial charge in [-0.3, -0.25) is 0 Å². The maximum absolute atomic E-state index is 9.55. The van der Waals surface area contributed by atoms with Crippen LogP contribution in [0, 0.1) is 0 Å². The van der Waals surface area contributed by atoms with E-state index in [0.29, 0.717) is 12.8 Å². The lowest BCUT2D eigenvalue weighted by Gasteiger charge is -2.18. The minimum absolute atomic E-state index is 0.144. The van der Waals surface area contributed by atoms with Crippen LogP contribution in [0.2, 0.25) is 0 Å². The molecular formula is C9H16O3. The fourth-order valence-electron chi connectivity index (χ4n) is 1.30. The molecule has 1 heterocycles. The third kappa shape index (κ3) is 2.83. The van der Waals surface area contributed by atoms with Gasteiger partial charge in [0.1, 0.15) is 0 Å². The van der Waals surface area contributed by atoms with Gasteiger partial charge in [0.25, 0.3) is 0 Å². The van der Waals surface area contributed by atoms with E-state index >= 15 is 0 Å². The Bertz CT molecular complexity index is 154. The number of aliphatic hydroxyl groups is 2. The molecule has 0 aromatic carbocycles. The molecule has 70 valence electrons. The third-order valence-electron chi connectivity index (χ3n) is 2.03. The molecule has 0 aromatic rings. The summed E-state index contributed by atoms with van der Waals surface area (Å²) in [5.74, 6) is 0. The average Bonchev–Trinajstić information content (AvgIpc) is 2.15. The molecule has 12 heavy (non-hydrogen) atoms. The summed E-state index contributed by atoms with van der Waals surface area (Å²) in [6.45, 7) is 0.904. The molecule has 0 aliphatic carbocycles. The van der Waals surface area contributed by atoms with Crippen molar-refractivity contribution in [2.75, 3.05) is 13.2 Å². The van der Waals surface area contributed by atoms with Gasteiger partial charge in [0.2, 0.25) is 0 Å². The molecule has 0 radical (unpaired) electrons. The van der Waals surface area contributed by atoms with Crippen molar-refractivity contribution in [2.45, 2.75) is 31.8 Å². The van der Waals surface area contributed by atoms with Crippen LogP contribution in [0.4, 0.5) is 0 Å². The van der Waals surface area contributed by atoms with E-state index < -0.39 is 6.10 Å². The van der Waals surface area contributed by atoms with E-state index in [4.69, 9.17) is 9.84 Å². The van der Waals surface area contributed by atoms with Crippen molar-refractivity contribution in [1.29, 1.82) is 0 Å². The predicted molar refractivity (Wildman–Crippen MR) is 45.6 cm³/mol. The molecule has 1 aliphatic rings. The summed E-state index contributed by atoms with van der Waals surface area (Å²) in [5.41, 5.74) is 0.967. The molecule has 1 aliphatic heterocycles. The first-order valence-electron chi connectivity index (χ1n) is 4.44. The second kappa shape index (κ2) is 5.17. The number of rotatable bonds is 4. The Morgan fingerprint density at radius 3 is 3.00 bits per heavy atom. The molecule has 0 saturated heterocycles. The van der Waals surface area contributed by atoms with E-state index in [1.54, 1.807) is 6.26 Å². The lowest BCUT2D eigenvalue weighted by Crippen LogP contribution is -2.14. The van der Waals surface area contributed by atoms with E-state index in [2.05, 4.69) is 0 Å². The van der Waals surface area contributed by atoms with Gasteiger partial charge in [-0.25, -0.2) is 0 Å². The Balaban J connectivity index is 2.29. The average molecular weight is 172 g/mol. The molecule has 0 fully saturated rings. The lowest BCUT2D eigenvalue weighted by atomic mass is 10.0. The van der Waals surface area contributed by atoms with Crippen LogP contribution in [0.25, 0.3) is 0 Å². The molecule has 3 heteroatoms. The standard InChI is InChI=1S/C9H16O3/c10-5-1-4-9(11)8-3-2-6-12-7-8/h7,9-11H,1-6H2. The van der Waals surface area contributed by atoms with Crippen LogP contribution in [-0.4, -0.2) is 29.5 Å². The zero-order chi connectivity index (χ0) is 8.81. The number of ether oxygens (including phenoxy) is 1. The van der Waals surface area contributed by atoms with Crippen molar-refractivity contribution in [3.05, 3.63) is 11.8 Å². The fourth-order valence-corrected chi connectivity index (χ4v) is 1.30. The van der Waals surface area contributed by atoms with Gasteiger partial charge in [-0.15, -0.1) is 0 Å². The lowest BCUT2D eigenvalue weighted by molar-refractivity contribution is 0.152. The first-order chi connectivity index (χ1) is 5.84. The maximum Gasteiger partial charge on any atom is 0.0876 e. The summed E-state index contributed by atoms with van der Waals surface area (Å²) in [6.07, 6.45) is 4.43. The molecule has 0 aromatic heterocycles. The van der Waals surface area contributed by atoms with Crippen molar-refractivity contribution in [1.82, 2.24) is 0 Å². The van der Waals surface area contributed by atoms with Gasteiger partial charge in [0, 0.05) is 6.61 Å². The second-order valence-electron chi connectivity index (χ2n) is 3.05. The van der Waals surface area contributed by atoms with Crippen LogP contribution in [0.5, 0.6) is 0 Å². The Morgan fingerprint density at radius 1 is 1.58 bits per heavy atom. The largest absolute Gasteiger partial charge is 0.501 e. The van der Waals surface area contributed by atoms with Crippen molar-refractivity contribution in [3.8, 4) is 0 Å². The van der Waals surface area contributed by atoms with Gasteiger partial charge in [-0.05, 0) is 31.3 Å². The highest BCUT2D eigenvalue weighted by molar-refractivity contribution is 5.06. The van der Waals surface area contributed by atoms with E-state index in [1.807, 2.05) is 0 Å². The molecule has 1 rings (SSSR count). The summed E-state index contributed by atoms with van der Waals surface area (Å²) in [5, 5.41) is 18.1. The molecule has 3 nitrogen and oxygen atoms in total. The first kappa shape index (κ1) is 9.55. The summed E-state index contributed by atoms with van der Waals surface area (Å²) < 4.78 is 5.10. The molecule has 0 bridgehead atoms. The SMILES string of the molecule is OCCCC(O)C1=COCCC1. The molecule has 1 atom stereocenters. The van der Waals surface area contributed by atoms with Crippen molar-refractivity contribution in [3.63, 3.8) is 0 Å². The fraction of sp³-hybridized carbons (Fsp3) is 0.778. The zero-order valence-electron chi connectivity index (χ0n) is 7.20. The van der Waals surface area contributed by atoms with Crippen molar-refractivity contribution in [2.24, 2.45) is 0 Å². The quantitative estimate of drug-likeness (QED) is 0.660. The second-order valence-corrected chi connectivity index (χ2v) is 3.05. The van der Waals surface area contributed by atoms with Gasteiger partial charge in [-0.1, -0.05) is 0 Å². The van der Waals surface area contributed by atoms with Gasteiger partial charge in [0.05, 0.1) is 19.0 Å². The van der Waals surface area contributed by atoms with E-state index in [9.17, 15) is 5.11 Å². The minimum Gasteiger partial charge on any atom is -0.501 e.